The second kappa shape index (κ2) is 7.05. The molecular weight excluding hydrogens is 319 g/mol. The van der Waals surface area contributed by atoms with Crippen molar-refractivity contribution in [1.82, 2.24) is 4.90 Å². The van der Waals surface area contributed by atoms with E-state index in [-0.39, 0.29) is 17.6 Å². The summed E-state index contributed by atoms with van der Waals surface area (Å²) in [6, 6.07) is 12.7. The highest BCUT2D eigenvalue weighted by Gasteiger charge is 2.35. The molecule has 0 bridgehead atoms. The second-order valence-electron chi connectivity index (χ2n) is 6.15. The molecule has 1 aliphatic rings. The van der Waals surface area contributed by atoms with Gasteiger partial charge in [0.2, 0.25) is 5.91 Å². The molecule has 1 atom stereocenters. The van der Waals surface area contributed by atoms with Gasteiger partial charge in [0.05, 0.1) is 0 Å². The minimum Gasteiger partial charge on any atom is -0.325 e. The Labute approximate surface area is 146 Å². The van der Waals surface area contributed by atoms with Crippen molar-refractivity contribution < 1.29 is 14.0 Å². The first-order valence-corrected chi connectivity index (χ1v) is 8.48. The van der Waals surface area contributed by atoms with Crippen molar-refractivity contribution in [3.63, 3.8) is 0 Å². The zero-order valence-electron chi connectivity index (χ0n) is 14.4. The zero-order valence-corrected chi connectivity index (χ0v) is 14.4. The maximum Gasteiger partial charge on any atom is 0.254 e. The molecule has 0 spiro atoms. The number of aryl methyl sites for hydroxylation is 1. The normalized spacial score (nSPS) is 17.7. The van der Waals surface area contributed by atoms with Gasteiger partial charge in [-0.15, -0.1) is 0 Å². The molecular formula is C20H21FN2O2. The Morgan fingerprint density at radius 1 is 1.12 bits per heavy atom. The molecule has 0 radical (unpaired) electrons. The summed E-state index contributed by atoms with van der Waals surface area (Å²) in [7, 11) is 0. The van der Waals surface area contributed by atoms with Crippen molar-refractivity contribution in [2.75, 3.05) is 18.0 Å². The van der Waals surface area contributed by atoms with Crippen LogP contribution in [0.15, 0.2) is 48.5 Å². The van der Waals surface area contributed by atoms with Crippen LogP contribution in [-0.2, 0) is 11.2 Å². The van der Waals surface area contributed by atoms with Gasteiger partial charge in [-0.3, -0.25) is 9.59 Å². The lowest BCUT2D eigenvalue weighted by atomic mass is 10.1. The summed E-state index contributed by atoms with van der Waals surface area (Å²) in [4.78, 5) is 28.9. The Morgan fingerprint density at radius 2 is 1.80 bits per heavy atom. The molecule has 0 N–H and O–H groups in total. The highest BCUT2D eigenvalue weighted by Crippen LogP contribution is 2.25. The molecule has 0 aromatic heterocycles. The van der Waals surface area contributed by atoms with Crippen molar-refractivity contribution in [2.24, 2.45) is 0 Å². The molecule has 2 aromatic carbocycles. The third-order valence-corrected chi connectivity index (χ3v) is 4.67. The van der Waals surface area contributed by atoms with Gasteiger partial charge in [0.1, 0.15) is 11.9 Å². The van der Waals surface area contributed by atoms with Gasteiger partial charge in [0.25, 0.3) is 5.91 Å². The van der Waals surface area contributed by atoms with Crippen molar-refractivity contribution in [3.8, 4) is 0 Å². The van der Waals surface area contributed by atoms with E-state index in [2.05, 4.69) is 6.92 Å². The van der Waals surface area contributed by atoms with Crippen LogP contribution in [0.1, 0.15) is 29.8 Å². The largest absolute Gasteiger partial charge is 0.325 e. The minimum atomic E-state index is -0.559. The zero-order chi connectivity index (χ0) is 18.0. The highest BCUT2D eigenvalue weighted by molar-refractivity contribution is 6.03. The van der Waals surface area contributed by atoms with E-state index in [1.807, 2.05) is 24.3 Å². The van der Waals surface area contributed by atoms with Crippen LogP contribution in [0.25, 0.3) is 0 Å². The standard InChI is InChI=1S/C20H21FN2O2/c1-3-15-6-4-5-7-18(15)23-13-12-22(14(2)19(23)24)20(25)16-8-10-17(21)11-9-16/h4-11,14H,3,12-13H2,1-2H3/t14-/m1/s1. The average Bonchev–Trinajstić information content (AvgIpc) is 2.64. The van der Waals surface area contributed by atoms with Gasteiger partial charge in [0, 0.05) is 24.3 Å². The van der Waals surface area contributed by atoms with Crippen LogP contribution < -0.4 is 4.90 Å². The molecule has 130 valence electrons. The number of rotatable bonds is 3. The van der Waals surface area contributed by atoms with Gasteiger partial charge < -0.3 is 9.80 Å². The molecule has 25 heavy (non-hydrogen) atoms. The van der Waals surface area contributed by atoms with Crippen molar-refractivity contribution in [2.45, 2.75) is 26.3 Å². The van der Waals surface area contributed by atoms with Crippen molar-refractivity contribution >= 4 is 17.5 Å². The summed E-state index contributed by atoms with van der Waals surface area (Å²) in [5.41, 5.74) is 2.42. The summed E-state index contributed by atoms with van der Waals surface area (Å²) < 4.78 is 13.1. The van der Waals surface area contributed by atoms with Crippen LogP contribution in [0.4, 0.5) is 10.1 Å². The predicted octanol–water partition coefficient (Wildman–Crippen LogP) is 3.27. The number of hydrogen-bond acceptors (Lipinski definition) is 2. The maximum atomic E-state index is 13.1. The Balaban J connectivity index is 1.82. The number of benzene rings is 2. The molecule has 1 saturated heterocycles. The van der Waals surface area contributed by atoms with E-state index in [4.69, 9.17) is 0 Å². The quantitative estimate of drug-likeness (QED) is 0.860. The molecule has 1 fully saturated rings. The molecule has 4 nitrogen and oxygen atoms in total. The summed E-state index contributed by atoms with van der Waals surface area (Å²) in [5, 5.41) is 0. The first-order chi connectivity index (χ1) is 12.0. The molecule has 2 aromatic rings. The predicted molar refractivity (Wildman–Crippen MR) is 95.1 cm³/mol. The molecule has 2 amide bonds. The summed E-state index contributed by atoms with van der Waals surface area (Å²) >= 11 is 0. The first kappa shape index (κ1) is 17.1. The van der Waals surface area contributed by atoms with E-state index in [1.54, 1.807) is 16.7 Å². The van der Waals surface area contributed by atoms with E-state index < -0.39 is 6.04 Å². The fraction of sp³-hybridized carbons (Fsp3) is 0.300. The Bertz CT molecular complexity index is 789. The van der Waals surface area contributed by atoms with E-state index >= 15 is 0 Å². The van der Waals surface area contributed by atoms with Gasteiger partial charge in [0.15, 0.2) is 0 Å². The van der Waals surface area contributed by atoms with Crippen LogP contribution in [0.5, 0.6) is 0 Å². The van der Waals surface area contributed by atoms with Crippen LogP contribution in [0.3, 0.4) is 0 Å². The number of piperazine rings is 1. The third kappa shape index (κ3) is 3.27. The number of nitrogens with zero attached hydrogens (tertiary/aromatic N) is 2. The van der Waals surface area contributed by atoms with Gasteiger partial charge in [-0.1, -0.05) is 25.1 Å². The van der Waals surface area contributed by atoms with E-state index in [1.165, 1.54) is 24.3 Å². The lowest BCUT2D eigenvalue weighted by Gasteiger charge is -2.39. The molecule has 1 aliphatic heterocycles. The number of anilines is 1. The summed E-state index contributed by atoms with van der Waals surface area (Å²) in [5.74, 6) is -0.728. The minimum absolute atomic E-state index is 0.0948. The van der Waals surface area contributed by atoms with E-state index in [0.29, 0.717) is 18.7 Å². The molecule has 0 aliphatic carbocycles. The lowest BCUT2D eigenvalue weighted by Crippen LogP contribution is -2.58. The summed E-state index contributed by atoms with van der Waals surface area (Å²) in [6.45, 7) is 4.69. The van der Waals surface area contributed by atoms with Crippen LogP contribution in [-0.4, -0.2) is 35.8 Å². The van der Waals surface area contributed by atoms with Gasteiger partial charge in [-0.2, -0.15) is 0 Å². The van der Waals surface area contributed by atoms with E-state index in [0.717, 1.165) is 17.7 Å². The number of carbonyl (C=O) groups excluding carboxylic acids is 2. The van der Waals surface area contributed by atoms with Gasteiger partial charge in [-0.25, -0.2) is 4.39 Å². The maximum absolute atomic E-state index is 13.1. The smallest absolute Gasteiger partial charge is 0.254 e. The van der Waals surface area contributed by atoms with E-state index in [9.17, 15) is 14.0 Å². The topological polar surface area (TPSA) is 40.6 Å². The fourth-order valence-corrected chi connectivity index (χ4v) is 3.22. The first-order valence-electron chi connectivity index (χ1n) is 8.48. The third-order valence-electron chi connectivity index (χ3n) is 4.67. The molecule has 5 heteroatoms. The lowest BCUT2D eigenvalue weighted by molar-refractivity contribution is -0.124. The number of hydrogen-bond donors (Lipinski definition) is 0. The fourth-order valence-electron chi connectivity index (χ4n) is 3.22. The van der Waals surface area contributed by atoms with Crippen LogP contribution in [0.2, 0.25) is 0 Å². The Kier molecular flexibility index (Phi) is 4.83. The molecule has 1 heterocycles. The monoisotopic (exact) mass is 340 g/mol. The van der Waals surface area contributed by atoms with Crippen LogP contribution in [0, 0.1) is 5.82 Å². The molecule has 3 rings (SSSR count). The highest BCUT2D eigenvalue weighted by atomic mass is 19.1. The Morgan fingerprint density at radius 3 is 2.48 bits per heavy atom. The van der Waals surface area contributed by atoms with Crippen molar-refractivity contribution in [3.05, 3.63) is 65.5 Å². The number of para-hydroxylation sites is 1. The van der Waals surface area contributed by atoms with Crippen LogP contribution >= 0.6 is 0 Å². The number of amides is 2. The Hall–Kier alpha value is -2.69. The van der Waals surface area contributed by atoms with Gasteiger partial charge in [-0.05, 0) is 49.2 Å². The van der Waals surface area contributed by atoms with Crippen molar-refractivity contribution in [1.29, 1.82) is 0 Å². The second-order valence-corrected chi connectivity index (χ2v) is 6.15. The number of halogens is 1. The average molecular weight is 340 g/mol. The summed E-state index contributed by atoms with van der Waals surface area (Å²) in [6.07, 6.45) is 0.840. The number of carbonyl (C=O) groups is 2. The van der Waals surface area contributed by atoms with Gasteiger partial charge >= 0.3 is 0 Å². The molecule has 0 saturated carbocycles. The SMILES string of the molecule is CCc1ccccc1N1CCN(C(=O)c2ccc(F)cc2)[C@H](C)C1=O. The molecule has 0 unspecified atom stereocenters.